The quantitative estimate of drug-likeness (QED) is 0.638. The Morgan fingerprint density at radius 3 is 1.92 bits per heavy atom. The number of aromatic amines is 2. The first-order chi connectivity index (χ1) is 6.45. The third-order valence-corrected chi connectivity index (χ3v) is 1.40. The lowest BCUT2D eigenvalue weighted by molar-refractivity contribution is 0.459. The second-order valence-electron chi connectivity index (χ2n) is 2.27. The Morgan fingerprint density at radius 1 is 1.00 bits per heavy atom. The first kappa shape index (κ1) is 7.72. The van der Waals surface area contributed by atoms with Crippen molar-refractivity contribution < 1.29 is 9.31 Å². The molecule has 66 valence electrons. The standard InChI is InChI=1S/C6H7BN4O2/c1-5(2-9-8-1)12-7-13-6-3-10-11-4-6/h1-4,7H,(H,8,9)(H,10,11). The van der Waals surface area contributed by atoms with Gasteiger partial charge in [-0.3, -0.25) is 10.2 Å². The van der Waals surface area contributed by atoms with Crippen LogP contribution in [0.15, 0.2) is 24.8 Å². The molecule has 0 radical (unpaired) electrons. The van der Waals surface area contributed by atoms with E-state index in [2.05, 4.69) is 20.4 Å². The van der Waals surface area contributed by atoms with E-state index in [0.29, 0.717) is 11.5 Å². The van der Waals surface area contributed by atoms with Gasteiger partial charge in [-0.15, -0.1) is 0 Å². The predicted molar refractivity (Wildman–Crippen MR) is 45.6 cm³/mol. The van der Waals surface area contributed by atoms with Gasteiger partial charge in [0.2, 0.25) is 0 Å². The maximum atomic E-state index is 5.16. The number of hydrogen-bond acceptors (Lipinski definition) is 4. The summed E-state index contributed by atoms with van der Waals surface area (Å²) in [4.78, 5) is 0. The molecule has 0 aliphatic rings. The zero-order valence-corrected chi connectivity index (χ0v) is 6.73. The van der Waals surface area contributed by atoms with E-state index in [1.807, 2.05) is 0 Å². The van der Waals surface area contributed by atoms with Crippen molar-refractivity contribution in [3.63, 3.8) is 0 Å². The molecule has 2 heterocycles. The molecule has 2 rings (SSSR count). The number of nitrogens with zero attached hydrogens (tertiary/aromatic N) is 2. The zero-order valence-electron chi connectivity index (χ0n) is 6.73. The number of nitrogens with one attached hydrogen (secondary N) is 2. The van der Waals surface area contributed by atoms with Crippen LogP contribution in [-0.2, 0) is 0 Å². The van der Waals surface area contributed by atoms with Crippen LogP contribution in [0.4, 0.5) is 0 Å². The van der Waals surface area contributed by atoms with Crippen LogP contribution in [0, 0.1) is 0 Å². The summed E-state index contributed by atoms with van der Waals surface area (Å²) in [6.45, 7) is 0. The Balaban J connectivity index is 1.76. The molecule has 0 fully saturated rings. The highest BCUT2D eigenvalue weighted by molar-refractivity contribution is 6.20. The van der Waals surface area contributed by atoms with Crippen molar-refractivity contribution in [2.45, 2.75) is 0 Å². The SMILES string of the molecule is B(Oc1cn[nH]c1)Oc1cn[nH]c1. The van der Waals surface area contributed by atoms with Crippen molar-refractivity contribution in [1.29, 1.82) is 0 Å². The predicted octanol–water partition coefficient (Wildman–Crippen LogP) is -0.143. The lowest BCUT2D eigenvalue weighted by Crippen LogP contribution is -2.09. The highest BCUT2D eigenvalue weighted by atomic mass is 16.6. The summed E-state index contributed by atoms with van der Waals surface area (Å²) in [6.07, 6.45) is 6.41. The summed E-state index contributed by atoms with van der Waals surface area (Å²) in [6, 6.07) is 0. The Hall–Kier alpha value is -1.92. The van der Waals surface area contributed by atoms with Gasteiger partial charge in [-0.25, -0.2) is 0 Å². The molecule has 6 nitrogen and oxygen atoms in total. The first-order valence-electron chi connectivity index (χ1n) is 3.68. The number of aromatic nitrogens is 4. The van der Waals surface area contributed by atoms with Crippen LogP contribution in [0.25, 0.3) is 0 Å². The molecule has 0 spiro atoms. The number of H-pyrrole nitrogens is 2. The molecule has 0 bridgehead atoms. The summed E-state index contributed by atoms with van der Waals surface area (Å²) >= 11 is 0. The van der Waals surface area contributed by atoms with Crippen LogP contribution in [0.5, 0.6) is 11.5 Å². The molecule has 0 unspecified atom stereocenters. The molecule has 0 amide bonds. The fraction of sp³-hybridized carbons (Fsp3) is 0. The Kier molecular flexibility index (Phi) is 2.17. The zero-order chi connectivity index (χ0) is 8.93. The third kappa shape index (κ3) is 2.02. The normalized spacial score (nSPS) is 9.54. The molecule has 0 saturated heterocycles. The Labute approximate surface area is 74.6 Å². The van der Waals surface area contributed by atoms with Crippen LogP contribution in [0.2, 0.25) is 0 Å². The number of rotatable bonds is 4. The summed E-state index contributed by atoms with van der Waals surface area (Å²) in [7, 11) is 0.138. The van der Waals surface area contributed by atoms with E-state index in [-0.39, 0.29) is 7.69 Å². The molecule has 13 heavy (non-hydrogen) atoms. The lowest BCUT2D eigenvalue weighted by atomic mass is 10.4. The minimum absolute atomic E-state index is 0.138. The highest BCUT2D eigenvalue weighted by Gasteiger charge is 1.99. The molecule has 0 saturated carbocycles. The summed E-state index contributed by atoms with van der Waals surface area (Å²) in [5.41, 5.74) is 0. The van der Waals surface area contributed by atoms with Crippen LogP contribution in [-0.4, -0.2) is 28.1 Å². The summed E-state index contributed by atoms with van der Waals surface area (Å²) < 4.78 is 10.3. The van der Waals surface area contributed by atoms with E-state index in [4.69, 9.17) is 9.31 Å². The van der Waals surface area contributed by atoms with Gasteiger partial charge in [0.15, 0.2) is 0 Å². The molecular weight excluding hydrogens is 171 g/mol. The van der Waals surface area contributed by atoms with Crippen molar-refractivity contribution in [2.75, 3.05) is 0 Å². The van der Waals surface area contributed by atoms with Crippen molar-refractivity contribution in [3.8, 4) is 11.5 Å². The monoisotopic (exact) mass is 178 g/mol. The fourth-order valence-electron chi connectivity index (χ4n) is 0.802. The van der Waals surface area contributed by atoms with Gasteiger partial charge in [-0.1, -0.05) is 0 Å². The number of hydrogen-bond donors (Lipinski definition) is 2. The van der Waals surface area contributed by atoms with Gasteiger partial charge >= 0.3 is 7.69 Å². The van der Waals surface area contributed by atoms with Crippen molar-refractivity contribution in [1.82, 2.24) is 20.4 Å². The molecule has 2 aromatic heterocycles. The Morgan fingerprint density at radius 2 is 1.54 bits per heavy atom. The van der Waals surface area contributed by atoms with E-state index < -0.39 is 0 Å². The van der Waals surface area contributed by atoms with Crippen molar-refractivity contribution in [2.24, 2.45) is 0 Å². The molecule has 7 heteroatoms. The molecular formula is C6H7BN4O2. The second kappa shape index (κ2) is 3.66. The largest absolute Gasteiger partial charge is 0.576 e. The fourth-order valence-corrected chi connectivity index (χ4v) is 0.802. The van der Waals surface area contributed by atoms with Gasteiger partial charge in [-0.05, 0) is 0 Å². The average Bonchev–Trinajstić information content (AvgIpc) is 2.75. The minimum atomic E-state index is 0.138. The molecule has 2 N–H and O–H groups in total. The Bertz CT molecular complexity index is 299. The molecule has 0 aromatic carbocycles. The second-order valence-corrected chi connectivity index (χ2v) is 2.27. The van der Waals surface area contributed by atoms with E-state index in [1.54, 1.807) is 24.8 Å². The van der Waals surface area contributed by atoms with Crippen LogP contribution in [0.1, 0.15) is 0 Å². The van der Waals surface area contributed by atoms with Gasteiger partial charge in [0.05, 0.1) is 24.8 Å². The average molecular weight is 178 g/mol. The maximum absolute atomic E-state index is 5.16. The van der Waals surface area contributed by atoms with E-state index in [9.17, 15) is 0 Å². The molecule has 0 aliphatic heterocycles. The lowest BCUT2D eigenvalue weighted by Gasteiger charge is -2.01. The van der Waals surface area contributed by atoms with Gasteiger partial charge in [-0.2, -0.15) is 10.2 Å². The van der Waals surface area contributed by atoms with E-state index in [1.165, 1.54) is 0 Å². The molecule has 0 atom stereocenters. The highest BCUT2D eigenvalue weighted by Crippen LogP contribution is 2.06. The van der Waals surface area contributed by atoms with Crippen LogP contribution < -0.4 is 9.31 Å². The topological polar surface area (TPSA) is 75.8 Å². The van der Waals surface area contributed by atoms with E-state index in [0.717, 1.165) is 0 Å². The smallest absolute Gasteiger partial charge is 0.526 e. The molecule has 0 aliphatic carbocycles. The van der Waals surface area contributed by atoms with Gasteiger partial charge in [0.1, 0.15) is 11.5 Å². The third-order valence-electron chi connectivity index (χ3n) is 1.40. The van der Waals surface area contributed by atoms with Crippen LogP contribution in [0.3, 0.4) is 0 Å². The van der Waals surface area contributed by atoms with Gasteiger partial charge in [0, 0.05) is 0 Å². The minimum Gasteiger partial charge on any atom is -0.526 e. The van der Waals surface area contributed by atoms with Gasteiger partial charge < -0.3 is 9.31 Å². The maximum Gasteiger partial charge on any atom is 0.576 e. The van der Waals surface area contributed by atoms with Crippen molar-refractivity contribution >= 4 is 7.69 Å². The van der Waals surface area contributed by atoms with Crippen molar-refractivity contribution in [3.05, 3.63) is 24.8 Å². The van der Waals surface area contributed by atoms with Gasteiger partial charge in [0.25, 0.3) is 0 Å². The summed E-state index contributed by atoms with van der Waals surface area (Å²) in [5.74, 6) is 1.28. The molecule has 2 aromatic rings. The summed E-state index contributed by atoms with van der Waals surface area (Å²) in [5, 5.41) is 12.7. The van der Waals surface area contributed by atoms with E-state index >= 15 is 0 Å². The first-order valence-corrected chi connectivity index (χ1v) is 3.68. The van der Waals surface area contributed by atoms with Crippen LogP contribution >= 0.6 is 0 Å².